The molecule has 4 heteroatoms. The molecule has 0 aromatic carbocycles. The summed E-state index contributed by atoms with van der Waals surface area (Å²) >= 11 is 0. The normalized spacial score (nSPS) is 16.1. The predicted molar refractivity (Wildman–Crippen MR) is 72.9 cm³/mol. The maximum atomic E-state index is 5.66. The summed E-state index contributed by atoms with van der Waals surface area (Å²) in [7, 11) is 0. The topological polar surface area (TPSA) is 42.2 Å². The van der Waals surface area contributed by atoms with Crippen molar-refractivity contribution in [3.8, 4) is 0 Å². The maximum Gasteiger partial charge on any atom is 0.118 e. The summed E-state index contributed by atoms with van der Waals surface area (Å²) in [4.78, 5) is 11.2. The Labute approximate surface area is 113 Å². The lowest BCUT2D eigenvalue weighted by molar-refractivity contribution is 0.253. The lowest BCUT2D eigenvalue weighted by atomic mass is 10.1. The summed E-state index contributed by atoms with van der Waals surface area (Å²) in [5.41, 5.74) is 3.67. The van der Waals surface area contributed by atoms with E-state index in [0.29, 0.717) is 0 Å². The van der Waals surface area contributed by atoms with Crippen LogP contribution in [0.5, 0.6) is 0 Å². The zero-order valence-electron chi connectivity index (χ0n) is 11.5. The molecule has 2 aromatic rings. The van der Waals surface area contributed by atoms with Gasteiger partial charge in [-0.15, -0.1) is 0 Å². The molecule has 0 saturated heterocycles. The van der Waals surface area contributed by atoms with Crippen LogP contribution in [0.15, 0.2) is 22.9 Å². The second-order valence-corrected chi connectivity index (χ2v) is 5.17. The fourth-order valence-electron chi connectivity index (χ4n) is 2.68. The van der Waals surface area contributed by atoms with Crippen LogP contribution in [0.25, 0.3) is 0 Å². The van der Waals surface area contributed by atoms with E-state index in [9.17, 15) is 0 Å². The Morgan fingerprint density at radius 3 is 2.79 bits per heavy atom. The van der Waals surface area contributed by atoms with Crippen LogP contribution in [0.4, 0.5) is 0 Å². The molecule has 4 nitrogen and oxygen atoms in total. The van der Waals surface area contributed by atoms with Gasteiger partial charge >= 0.3 is 0 Å². The molecule has 0 spiro atoms. The Kier molecular flexibility index (Phi) is 3.34. The minimum Gasteiger partial charge on any atom is -0.465 e. The third-order valence-electron chi connectivity index (χ3n) is 3.77. The summed E-state index contributed by atoms with van der Waals surface area (Å²) in [6, 6.07) is 4.09. The minimum atomic E-state index is 0.883. The molecule has 19 heavy (non-hydrogen) atoms. The van der Waals surface area contributed by atoms with Crippen molar-refractivity contribution < 1.29 is 4.42 Å². The van der Waals surface area contributed by atoms with Crippen LogP contribution in [0.3, 0.4) is 0 Å². The molecule has 100 valence electrons. The fraction of sp³-hybridized carbons (Fsp3) is 0.467. The van der Waals surface area contributed by atoms with Crippen molar-refractivity contribution in [2.75, 3.05) is 13.1 Å². The lowest BCUT2D eigenvalue weighted by Gasteiger charge is -2.17. The average molecular weight is 257 g/mol. The maximum absolute atomic E-state index is 5.66. The van der Waals surface area contributed by atoms with Gasteiger partial charge in [0.15, 0.2) is 0 Å². The van der Waals surface area contributed by atoms with Crippen molar-refractivity contribution in [3.05, 3.63) is 46.9 Å². The number of hydrogen-bond acceptors (Lipinski definition) is 4. The van der Waals surface area contributed by atoms with Crippen LogP contribution >= 0.6 is 0 Å². The van der Waals surface area contributed by atoms with E-state index >= 15 is 0 Å². The molecule has 3 heterocycles. The van der Waals surface area contributed by atoms with Gasteiger partial charge in [0.1, 0.15) is 17.8 Å². The molecule has 0 amide bonds. The molecule has 0 radical (unpaired) electrons. The number of nitrogens with zero attached hydrogens (tertiary/aromatic N) is 3. The van der Waals surface area contributed by atoms with Crippen LogP contribution < -0.4 is 0 Å². The molecule has 0 fully saturated rings. The Morgan fingerprint density at radius 1 is 1.16 bits per heavy atom. The van der Waals surface area contributed by atoms with Gasteiger partial charge < -0.3 is 4.42 Å². The first-order chi connectivity index (χ1) is 9.22. The van der Waals surface area contributed by atoms with E-state index in [0.717, 1.165) is 49.7 Å². The molecule has 0 bridgehead atoms. The summed E-state index contributed by atoms with van der Waals surface area (Å²) in [5.74, 6) is 2.03. The van der Waals surface area contributed by atoms with Gasteiger partial charge in [0.05, 0.1) is 6.54 Å². The molecule has 0 aliphatic carbocycles. The van der Waals surface area contributed by atoms with Gasteiger partial charge in [-0.05, 0) is 38.0 Å². The van der Waals surface area contributed by atoms with Gasteiger partial charge in [0.25, 0.3) is 0 Å². The van der Waals surface area contributed by atoms with Crippen molar-refractivity contribution in [2.24, 2.45) is 0 Å². The molecule has 1 aliphatic heterocycles. The van der Waals surface area contributed by atoms with E-state index in [2.05, 4.69) is 27.9 Å². The van der Waals surface area contributed by atoms with Crippen molar-refractivity contribution in [3.63, 3.8) is 0 Å². The van der Waals surface area contributed by atoms with Crippen LogP contribution in [0, 0.1) is 13.8 Å². The molecule has 0 saturated carbocycles. The SMILES string of the molecule is Cc1ccc(CN2CCc3ncnc(C)c3CC2)o1. The Morgan fingerprint density at radius 2 is 2.00 bits per heavy atom. The lowest BCUT2D eigenvalue weighted by Crippen LogP contribution is -2.25. The zero-order valence-corrected chi connectivity index (χ0v) is 11.5. The highest BCUT2D eigenvalue weighted by Crippen LogP contribution is 2.18. The first-order valence-corrected chi connectivity index (χ1v) is 6.79. The van der Waals surface area contributed by atoms with E-state index < -0.39 is 0 Å². The minimum absolute atomic E-state index is 0.883. The quantitative estimate of drug-likeness (QED) is 0.828. The van der Waals surface area contributed by atoms with Crippen molar-refractivity contribution in [2.45, 2.75) is 33.2 Å². The van der Waals surface area contributed by atoms with Crippen LogP contribution in [0.2, 0.25) is 0 Å². The zero-order chi connectivity index (χ0) is 13.2. The van der Waals surface area contributed by atoms with Crippen LogP contribution in [-0.2, 0) is 19.4 Å². The highest BCUT2D eigenvalue weighted by atomic mass is 16.3. The van der Waals surface area contributed by atoms with Crippen molar-refractivity contribution >= 4 is 0 Å². The summed E-state index contributed by atoms with van der Waals surface area (Å²) in [6.07, 6.45) is 3.71. The van der Waals surface area contributed by atoms with E-state index in [1.165, 1.54) is 11.3 Å². The van der Waals surface area contributed by atoms with Gasteiger partial charge in [-0.3, -0.25) is 4.90 Å². The number of fused-ring (bicyclic) bond motifs is 1. The molecular weight excluding hydrogens is 238 g/mol. The summed E-state index contributed by atoms with van der Waals surface area (Å²) < 4.78 is 5.66. The first-order valence-electron chi connectivity index (χ1n) is 6.79. The molecule has 2 aromatic heterocycles. The van der Waals surface area contributed by atoms with Gasteiger partial charge in [0, 0.05) is 30.9 Å². The molecule has 3 rings (SSSR count). The Hall–Kier alpha value is -1.68. The average Bonchev–Trinajstić information content (AvgIpc) is 2.68. The number of aryl methyl sites for hydroxylation is 2. The highest BCUT2D eigenvalue weighted by Gasteiger charge is 2.17. The molecular formula is C15H19N3O. The second kappa shape index (κ2) is 5.13. The number of furan rings is 1. The first kappa shape index (κ1) is 12.4. The molecule has 1 aliphatic rings. The second-order valence-electron chi connectivity index (χ2n) is 5.17. The molecule has 0 unspecified atom stereocenters. The summed E-state index contributed by atoms with van der Waals surface area (Å²) in [6.45, 7) is 7.02. The predicted octanol–water partition coefficient (Wildman–Crippen LogP) is 2.29. The van der Waals surface area contributed by atoms with Gasteiger partial charge in [-0.1, -0.05) is 0 Å². The molecule has 0 N–H and O–H groups in total. The van der Waals surface area contributed by atoms with E-state index in [4.69, 9.17) is 4.42 Å². The third kappa shape index (κ3) is 2.68. The van der Waals surface area contributed by atoms with Crippen molar-refractivity contribution in [1.82, 2.24) is 14.9 Å². The van der Waals surface area contributed by atoms with E-state index in [-0.39, 0.29) is 0 Å². The van der Waals surface area contributed by atoms with Gasteiger partial charge in [-0.2, -0.15) is 0 Å². The standard InChI is InChI=1S/C15H19N3O/c1-11-3-4-13(19-11)9-18-7-5-14-12(2)16-10-17-15(14)6-8-18/h3-4,10H,5-9H2,1-2H3. The van der Waals surface area contributed by atoms with E-state index in [1.807, 2.05) is 13.0 Å². The van der Waals surface area contributed by atoms with Crippen LogP contribution in [-0.4, -0.2) is 28.0 Å². The number of aromatic nitrogens is 2. The summed E-state index contributed by atoms with van der Waals surface area (Å²) in [5, 5.41) is 0. The van der Waals surface area contributed by atoms with Crippen molar-refractivity contribution in [1.29, 1.82) is 0 Å². The Bertz CT molecular complexity index is 577. The number of rotatable bonds is 2. The van der Waals surface area contributed by atoms with Gasteiger partial charge in [-0.25, -0.2) is 9.97 Å². The Balaban J connectivity index is 1.71. The van der Waals surface area contributed by atoms with Gasteiger partial charge in [0.2, 0.25) is 0 Å². The highest BCUT2D eigenvalue weighted by molar-refractivity contribution is 5.25. The smallest absolute Gasteiger partial charge is 0.118 e. The third-order valence-corrected chi connectivity index (χ3v) is 3.77. The number of hydrogen-bond donors (Lipinski definition) is 0. The van der Waals surface area contributed by atoms with Crippen LogP contribution in [0.1, 0.15) is 28.5 Å². The fourth-order valence-corrected chi connectivity index (χ4v) is 2.68. The molecule has 0 atom stereocenters. The monoisotopic (exact) mass is 257 g/mol. The largest absolute Gasteiger partial charge is 0.465 e. The van der Waals surface area contributed by atoms with E-state index in [1.54, 1.807) is 6.33 Å².